The summed E-state index contributed by atoms with van der Waals surface area (Å²) in [4.78, 5) is 42.6. The summed E-state index contributed by atoms with van der Waals surface area (Å²) in [6.45, 7) is 8.55. The highest BCUT2D eigenvalue weighted by molar-refractivity contribution is 5.98. The van der Waals surface area contributed by atoms with Gasteiger partial charge in [-0.1, -0.05) is 0 Å². The van der Waals surface area contributed by atoms with Crippen molar-refractivity contribution < 1.29 is 23.9 Å². The monoisotopic (exact) mass is 458 g/mol. The first kappa shape index (κ1) is 23.2. The molecular weight excluding hydrogens is 424 g/mol. The molecule has 9 nitrogen and oxygen atoms in total. The van der Waals surface area contributed by atoms with Crippen LogP contribution < -0.4 is 20.1 Å². The Hall–Kier alpha value is -2.97. The van der Waals surface area contributed by atoms with Gasteiger partial charge in [-0.05, 0) is 70.6 Å². The summed E-state index contributed by atoms with van der Waals surface area (Å²) in [7, 11) is 0. The Balaban J connectivity index is 1.44. The van der Waals surface area contributed by atoms with Gasteiger partial charge in [-0.25, -0.2) is 4.79 Å². The van der Waals surface area contributed by atoms with Crippen molar-refractivity contribution in [2.24, 2.45) is 5.92 Å². The van der Waals surface area contributed by atoms with Crippen LogP contribution in [-0.2, 0) is 4.79 Å². The van der Waals surface area contributed by atoms with Crippen LogP contribution in [0.15, 0.2) is 18.2 Å². The molecule has 3 aliphatic rings. The highest BCUT2D eigenvalue weighted by atomic mass is 16.7. The second kappa shape index (κ2) is 9.49. The molecule has 0 radical (unpaired) electrons. The fourth-order valence-corrected chi connectivity index (χ4v) is 4.61. The quantitative estimate of drug-likeness (QED) is 0.722. The molecule has 33 heavy (non-hydrogen) atoms. The van der Waals surface area contributed by atoms with Crippen molar-refractivity contribution in [1.82, 2.24) is 20.4 Å². The second-order valence-electron chi connectivity index (χ2n) is 10.1. The van der Waals surface area contributed by atoms with Gasteiger partial charge >= 0.3 is 6.03 Å². The third-order valence-corrected chi connectivity index (χ3v) is 6.39. The van der Waals surface area contributed by atoms with Crippen LogP contribution in [0.1, 0.15) is 56.8 Å². The van der Waals surface area contributed by atoms with Crippen molar-refractivity contribution in [3.05, 3.63) is 23.8 Å². The summed E-state index contributed by atoms with van der Waals surface area (Å²) in [6.07, 6.45) is 3.28. The molecule has 9 heteroatoms. The van der Waals surface area contributed by atoms with E-state index in [9.17, 15) is 14.4 Å². The molecule has 4 amide bonds. The first-order valence-electron chi connectivity index (χ1n) is 11.8. The number of rotatable bonds is 4. The standard InChI is InChI=1S/C24H34N4O5/c1-24(2,3)26-23(31)28-12-8-16(9-13-28)20(22(30)27-10-4-5-11-27)25-21(29)17-6-7-18-19(14-17)33-15-32-18/h6-7,14,16,20H,4-5,8-13,15H2,1-3H3,(H,25,29)(H,26,31)/t20-/m0/s1. The van der Waals surface area contributed by atoms with Gasteiger partial charge in [0, 0.05) is 37.3 Å². The van der Waals surface area contributed by atoms with Gasteiger partial charge in [0.25, 0.3) is 5.91 Å². The second-order valence-corrected chi connectivity index (χ2v) is 10.1. The molecule has 4 rings (SSSR count). The molecule has 0 spiro atoms. The predicted octanol–water partition coefficient (Wildman–Crippen LogP) is 2.36. The number of piperidine rings is 1. The highest BCUT2D eigenvalue weighted by Crippen LogP contribution is 2.32. The number of likely N-dealkylation sites (tertiary alicyclic amines) is 2. The Morgan fingerprint density at radius 2 is 1.64 bits per heavy atom. The number of nitrogens with zero attached hydrogens (tertiary/aromatic N) is 2. The van der Waals surface area contributed by atoms with Crippen LogP contribution in [0.5, 0.6) is 11.5 Å². The minimum absolute atomic E-state index is 0.0285. The minimum atomic E-state index is -0.617. The summed E-state index contributed by atoms with van der Waals surface area (Å²) in [5.41, 5.74) is 0.126. The zero-order valence-electron chi connectivity index (χ0n) is 19.7. The number of benzene rings is 1. The number of hydrogen-bond acceptors (Lipinski definition) is 5. The summed E-state index contributed by atoms with van der Waals surface area (Å²) >= 11 is 0. The van der Waals surface area contributed by atoms with Crippen molar-refractivity contribution >= 4 is 17.8 Å². The summed E-state index contributed by atoms with van der Waals surface area (Å²) in [5.74, 6) is 0.771. The lowest BCUT2D eigenvalue weighted by atomic mass is 9.88. The number of carbonyl (C=O) groups is 3. The largest absolute Gasteiger partial charge is 0.454 e. The van der Waals surface area contributed by atoms with E-state index in [-0.39, 0.29) is 36.1 Å². The molecule has 0 aromatic heterocycles. The van der Waals surface area contributed by atoms with E-state index < -0.39 is 6.04 Å². The molecule has 2 saturated heterocycles. The molecule has 1 aromatic carbocycles. The maximum atomic E-state index is 13.4. The number of hydrogen-bond donors (Lipinski definition) is 2. The first-order valence-corrected chi connectivity index (χ1v) is 11.8. The average molecular weight is 459 g/mol. The molecular formula is C24H34N4O5. The van der Waals surface area contributed by atoms with Crippen molar-refractivity contribution in [1.29, 1.82) is 0 Å². The molecule has 180 valence electrons. The fourth-order valence-electron chi connectivity index (χ4n) is 4.61. The normalized spacial score (nSPS) is 19.4. The van der Waals surface area contributed by atoms with E-state index in [1.54, 1.807) is 23.1 Å². The molecule has 1 aromatic rings. The zero-order valence-corrected chi connectivity index (χ0v) is 19.7. The predicted molar refractivity (Wildman–Crippen MR) is 122 cm³/mol. The van der Waals surface area contributed by atoms with Gasteiger partial charge in [-0.2, -0.15) is 0 Å². The minimum Gasteiger partial charge on any atom is -0.454 e. The van der Waals surface area contributed by atoms with Crippen LogP contribution >= 0.6 is 0 Å². The average Bonchev–Trinajstić information content (AvgIpc) is 3.47. The smallest absolute Gasteiger partial charge is 0.317 e. The van der Waals surface area contributed by atoms with E-state index in [1.165, 1.54) is 0 Å². The molecule has 0 aliphatic carbocycles. The number of nitrogens with one attached hydrogen (secondary N) is 2. The van der Waals surface area contributed by atoms with Gasteiger partial charge in [0.1, 0.15) is 6.04 Å². The molecule has 0 bridgehead atoms. The Labute approximate surface area is 194 Å². The molecule has 1 atom stereocenters. The SMILES string of the molecule is CC(C)(C)NC(=O)N1CCC([C@H](NC(=O)c2ccc3c(c2)OCO3)C(=O)N2CCCC2)CC1. The molecule has 3 heterocycles. The zero-order chi connectivity index (χ0) is 23.6. The lowest BCUT2D eigenvalue weighted by Gasteiger charge is -2.38. The van der Waals surface area contributed by atoms with Crippen LogP contribution in [0.4, 0.5) is 4.79 Å². The van der Waals surface area contributed by atoms with Gasteiger partial charge in [0.15, 0.2) is 11.5 Å². The van der Waals surface area contributed by atoms with Crippen LogP contribution in [0.25, 0.3) is 0 Å². The number of urea groups is 1. The van der Waals surface area contributed by atoms with Gasteiger partial charge in [-0.15, -0.1) is 0 Å². The third kappa shape index (κ3) is 5.51. The van der Waals surface area contributed by atoms with Crippen molar-refractivity contribution in [3.8, 4) is 11.5 Å². The Bertz CT molecular complexity index is 899. The maximum Gasteiger partial charge on any atom is 0.317 e. The Kier molecular flexibility index (Phi) is 6.67. The summed E-state index contributed by atoms with van der Waals surface area (Å²) in [5, 5.41) is 6.00. The van der Waals surface area contributed by atoms with E-state index in [0.29, 0.717) is 43.0 Å². The lowest BCUT2D eigenvalue weighted by molar-refractivity contribution is -0.134. The molecule has 0 saturated carbocycles. The fraction of sp³-hybridized carbons (Fsp3) is 0.625. The highest BCUT2D eigenvalue weighted by Gasteiger charge is 2.37. The van der Waals surface area contributed by atoms with E-state index in [0.717, 1.165) is 25.9 Å². The van der Waals surface area contributed by atoms with Crippen LogP contribution in [0.3, 0.4) is 0 Å². The Morgan fingerprint density at radius 3 is 2.30 bits per heavy atom. The summed E-state index contributed by atoms with van der Waals surface area (Å²) in [6, 6.07) is 4.33. The van der Waals surface area contributed by atoms with Gasteiger partial charge in [0.2, 0.25) is 12.7 Å². The van der Waals surface area contributed by atoms with Crippen molar-refractivity contribution in [2.75, 3.05) is 33.0 Å². The topological polar surface area (TPSA) is 100 Å². The number of ether oxygens (including phenoxy) is 2. The summed E-state index contributed by atoms with van der Waals surface area (Å²) < 4.78 is 10.7. The number of fused-ring (bicyclic) bond motifs is 1. The Morgan fingerprint density at radius 1 is 0.970 bits per heavy atom. The van der Waals surface area contributed by atoms with Crippen LogP contribution in [0.2, 0.25) is 0 Å². The van der Waals surface area contributed by atoms with Crippen LogP contribution in [-0.4, -0.2) is 72.2 Å². The van der Waals surface area contributed by atoms with E-state index in [1.807, 2.05) is 25.7 Å². The van der Waals surface area contributed by atoms with Gasteiger partial charge < -0.3 is 29.9 Å². The molecule has 2 N–H and O–H groups in total. The van der Waals surface area contributed by atoms with E-state index >= 15 is 0 Å². The van der Waals surface area contributed by atoms with Gasteiger partial charge in [0.05, 0.1) is 0 Å². The number of carbonyl (C=O) groups excluding carboxylic acids is 3. The van der Waals surface area contributed by atoms with E-state index in [2.05, 4.69) is 10.6 Å². The number of amides is 4. The molecule has 0 unspecified atom stereocenters. The lowest BCUT2D eigenvalue weighted by Crippen LogP contribution is -2.56. The first-order chi connectivity index (χ1) is 15.7. The van der Waals surface area contributed by atoms with Gasteiger partial charge in [-0.3, -0.25) is 9.59 Å². The molecule has 2 fully saturated rings. The maximum absolute atomic E-state index is 13.4. The van der Waals surface area contributed by atoms with Crippen LogP contribution in [0, 0.1) is 5.92 Å². The van der Waals surface area contributed by atoms with Crippen molar-refractivity contribution in [2.45, 2.75) is 58.0 Å². The van der Waals surface area contributed by atoms with E-state index in [4.69, 9.17) is 9.47 Å². The molecule has 3 aliphatic heterocycles. The van der Waals surface area contributed by atoms with Crippen molar-refractivity contribution in [3.63, 3.8) is 0 Å². The third-order valence-electron chi connectivity index (χ3n) is 6.39.